The van der Waals surface area contributed by atoms with E-state index in [-0.39, 0.29) is 4.21 Å². The van der Waals surface area contributed by atoms with Gasteiger partial charge in [0.1, 0.15) is 4.21 Å². The first-order valence-corrected chi connectivity index (χ1v) is 8.08. The highest BCUT2D eigenvalue weighted by molar-refractivity contribution is 7.91. The van der Waals surface area contributed by atoms with Gasteiger partial charge in [-0.2, -0.15) is 15.6 Å². The molecule has 17 heavy (non-hydrogen) atoms. The molecule has 2 N–H and O–H groups in total. The van der Waals surface area contributed by atoms with Crippen LogP contribution >= 0.6 is 22.7 Å². The zero-order chi connectivity index (χ0) is 12.5. The van der Waals surface area contributed by atoms with Crippen molar-refractivity contribution in [3.63, 3.8) is 0 Å². The third kappa shape index (κ3) is 2.68. The molecule has 7 heteroatoms. The highest BCUT2D eigenvalue weighted by Gasteiger charge is 2.22. The monoisotopic (exact) mass is 288 g/mol. The molecule has 0 saturated heterocycles. The summed E-state index contributed by atoms with van der Waals surface area (Å²) in [7, 11) is -1.85. The standard InChI is InChI=1S/C10H12N2O2S3/c1-12(5-8-2-3-15-6-8)17(13,14)10-4-9(11)7-16-10/h2-4,6-7H,5,11H2,1H3. The van der Waals surface area contributed by atoms with Crippen molar-refractivity contribution in [1.82, 2.24) is 4.31 Å². The second kappa shape index (κ2) is 4.77. The number of anilines is 1. The van der Waals surface area contributed by atoms with Crippen molar-refractivity contribution >= 4 is 38.4 Å². The van der Waals surface area contributed by atoms with E-state index in [4.69, 9.17) is 5.73 Å². The van der Waals surface area contributed by atoms with E-state index in [1.54, 1.807) is 23.8 Å². The fourth-order valence-corrected chi connectivity index (χ4v) is 4.45. The summed E-state index contributed by atoms with van der Waals surface area (Å²) in [6, 6.07) is 3.41. The van der Waals surface area contributed by atoms with Crippen LogP contribution in [0.15, 0.2) is 32.5 Å². The Morgan fingerprint density at radius 3 is 2.71 bits per heavy atom. The van der Waals surface area contributed by atoms with Crippen molar-refractivity contribution in [2.75, 3.05) is 12.8 Å². The minimum Gasteiger partial charge on any atom is -0.398 e. The Labute approximate surface area is 108 Å². The van der Waals surface area contributed by atoms with Crippen LogP contribution in [0.25, 0.3) is 0 Å². The molecule has 0 unspecified atom stereocenters. The summed E-state index contributed by atoms with van der Waals surface area (Å²) in [4.78, 5) is 0. The van der Waals surface area contributed by atoms with Crippen LogP contribution in [0.5, 0.6) is 0 Å². The molecule has 0 radical (unpaired) electrons. The molecular weight excluding hydrogens is 276 g/mol. The molecule has 2 heterocycles. The van der Waals surface area contributed by atoms with Crippen molar-refractivity contribution in [2.24, 2.45) is 0 Å². The summed E-state index contributed by atoms with van der Waals surface area (Å²) in [5.41, 5.74) is 7.02. The number of nitrogen functional groups attached to an aromatic ring is 1. The number of hydrogen-bond acceptors (Lipinski definition) is 5. The summed E-state index contributed by atoms with van der Waals surface area (Å²) < 4.78 is 25.9. The van der Waals surface area contributed by atoms with Gasteiger partial charge in [-0.25, -0.2) is 8.42 Å². The van der Waals surface area contributed by atoms with E-state index in [9.17, 15) is 8.42 Å². The number of nitrogens with two attached hydrogens (primary N) is 1. The quantitative estimate of drug-likeness (QED) is 0.938. The zero-order valence-electron chi connectivity index (χ0n) is 9.16. The van der Waals surface area contributed by atoms with E-state index in [2.05, 4.69) is 0 Å². The lowest BCUT2D eigenvalue weighted by Crippen LogP contribution is -2.25. The van der Waals surface area contributed by atoms with Gasteiger partial charge in [0.2, 0.25) is 0 Å². The molecular formula is C10H12N2O2S3. The van der Waals surface area contributed by atoms with E-state index in [1.165, 1.54) is 10.4 Å². The molecule has 0 bridgehead atoms. The molecule has 0 aliphatic heterocycles. The molecule has 0 saturated carbocycles. The smallest absolute Gasteiger partial charge is 0.252 e. The van der Waals surface area contributed by atoms with Gasteiger partial charge in [-0.1, -0.05) is 0 Å². The number of rotatable bonds is 4. The first-order chi connectivity index (χ1) is 8.00. The minimum atomic E-state index is -3.42. The lowest BCUT2D eigenvalue weighted by molar-refractivity contribution is 0.469. The van der Waals surface area contributed by atoms with Crippen molar-refractivity contribution in [3.8, 4) is 0 Å². The fraction of sp³-hybridized carbons (Fsp3) is 0.200. The van der Waals surface area contributed by atoms with E-state index in [0.29, 0.717) is 12.2 Å². The fourth-order valence-electron chi connectivity index (χ4n) is 1.34. The van der Waals surface area contributed by atoms with Crippen molar-refractivity contribution in [2.45, 2.75) is 10.8 Å². The predicted molar refractivity (Wildman–Crippen MR) is 71.7 cm³/mol. The number of sulfonamides is 1. The first kappa shape index (κ1) is 12.6. The van der Waals surface area contributed by atoms with Crippen molar-refractivity contribution < 1.29 is 8.42 Å². The number of thiophene rings is 2. The molecule has 0 aliphatic carbocycles. The van der Waals surface area contributed by atoms with Gasteiger partial charge in [-0.05, 0) is 28.5 Å². The Hall–Kier alpha value is -0.890. The van der Waals surface area contributed by atoms with Crippen molar-refractivity contribution in [1.29, 1.82) is 0 Å². The maximum atomic E-state index is 12.2. The van der Waals surface area contributed by atoms with Crippen LogP contribution in [-0.4, -0.2) is 19.8 Å². The third-order valence-electron chi connectivity index (χ3n) is 2.25. The van der Waals surface area contributed by atoms with Crippen LogP contribution < -0.4 is 5.73 Å². The van der Waals surface area contributed by atoms with E-state index < -0.39 is 10.0 Å². The summed E-state index contributed by atoms with van der Waals surface area (Å²) in [6.45, 7) is 0.379. The van der Waals surface area contributed by atoms with Gasteiger partial charge in [0.25, 0.3) is 10.0 Å². The Kier molecular flexibility index (Phi) is 3.53. The van der Waals surface area contributed by atoms with Crippen molar-refractivity contribution in [3.05, 3.63) is 33.8 Å². The number of nitrogens with zero attached hydrogens (tertiary/aromatic N) is 1. The molecule has 4 nitrogen and oxygen atoms in total. The minimum absolute atomic E-state index is 0.285. The molecule has 0 aromatic carbocycles. The third-order valence-corrected chi connectivity index (χ3v) is 6.21. The molecule has 0 aliphatic rings. The predicted octanol–water partition coefficient (Wildman–Crippen LogP) is 2.21. The molecule has 2 rings (SSSR count). The Morgan fingerprint density at radius 2 is 2.18 bits per heavy atom. The zero-order valence-corrected chi connectivity index (χ0v) is 11.6. The van der Waals surface area contributed by atoms with E-state index in [1.807, 2.05) is 16.8 Å². The van der Waals surface area contributed by atoms with Gasteiger partial charge in [0.05, 0.1) is 0 Å². The maximum absolute atomic E-state index is 12.2. The molecule has 0 atom stereocenters. The average Bonchev–Trinajstić information content (AvgIpc) is 2.89. The van der Waals surface area contributed by atoms with Crippen LogP contribution in [-0.2, 0) is 16.6 Å². The summed E-state index contributed by atoms with van der Waals surface area (Å²) in [5, 5.41) is 5.50. The van der Waals surface area contributed by atoms with Crippen LogP contribution in [0.1, 0.15) is 5.56 Å². The van der Waals surface area contributed by atoms with E-state index >= 15 is 0 Å². The van der Waals surface area contributed by atoms with Gasteiger partial charge in [0.15, 0.2) is 0 Å². The lowest BCUT2D eigenvalue weighted by Gasteiger charge is -2.14. The summed E-state index contributed by atoms with van der Waals surface area (Å²) >= 11 is 2.70. The van der Waals surface area contributed by atoms with Gasteiger partial charge >= 0.3 is 0 Å². The Morgan fingerprint density at radius 1 is 1.41 bits per heavy atom. The molecule has 0 amide bonds. The molecule has 92 valence electrons. The normalized spacial score (nSPS) is 12.1. The number of hydrogen-bond donors (Lipinski definition) is 1. The highest BCUT2D eigenvalue weighted by Crippen LogP contribution is 2.25. The molecule has 2 aromatic heterocycles. The van der Waals surface area contributed by atoms with E-state index in [0.717, 1.165) is 16.9 Å². The first-order valence-electron chi connectivity index (χ1n) is 4.81. The average molecular weight is 288 g/mol. The summed E-state index contributed by atoms with van der Waals surface area (Å²) in [5.74, 6) is 0. The second-order valence-corrected chi connectivity index (χ2v) is 7.55. The highest BCUT2D eigenvalue weighted by atomic mass is 32.2. The molecule has 0 spiro atoms. The van der Waals surface area contributed by atoms with Gasteiger partial charge in [-0.3, -0.25) is 0 Å². The molecule has 0 fully saturated rings. The van der Waals surface area contributed by atoms with Crippen LogP contribution in [0.2, 0.25) is 0 Å². The summed E-state index contributed by atoms with van der Waals surface area (Å²) in [6.07, 6.45) is 0. The van der Waals surface area contributed by atoms with Gasteiger partial charge in [0, 0.05) is 24.7 Å². The Balaban J connectivity index is 2.21. The van der Waals surface area contributed by atoms with Gasteiger partial charge < -0.3 is 5.73 Å². The SMILES string of the molecule is CN(Cc1ccsc1)S(=O)(=O)c1cc(N)cs1. The lowest BCUT2D eigenvalue weighted by atomic mass is 10.3. The topological polar surface area (TPSA) is 63.4 Å². The maximum Gasteiger partial charge on any atom is 0.252 e. The van der Waals surface area contributed by atoms with Crippen LogP contribution in [0.4, 0.5) is 5.69 Å². The van der Waals surface area contributed by atoms with Gasteiger partial charge in [-0.15, -0.1) is 11.3 Å². The molecule has 2 aromatic rings. The van der Waals surface area contributed by atoms with Crippen LogP contribution in [0.3, 0.4) is 0 Å². The second-order valence-electron chi connectivity index (χ2n) is 3.59. The largest absolute Gasteiger partial charge is 0.398 e. The van der Waals surface area contributed by atoms with Crippen LogP contribution in [0, 0.1) is 0 Å². The Bertz CT molecular complexity index is 587.